The van der Waals surface area contributed by atoms with Gasteiger partial charge in [-0.25, -0.2) is 4.79 Å². The molecular formula is C19H31N5O2. The molecule has 1 N–H and O–H groups in total. The Balaban J connectivity index is 1.69. The molecule has 0 aromatic heterocycles. The van der Waals surface area contributed by atoms with Crippen LogP contribution < -0.4 is 10.2 Å². The number of carbonyl (C=O) groups is 1. The number of amides is 1. The minimum absolute atomic E-state index is 0.223. The number of carbonyl (C=O) groups excluding carboxylic acids is 1. The predicted octanol–water partition coefficient (Wildman–Crippen LogP) is 1.86. The Labute approximate surface area is 156 Å². The van der Waals surface area contributed by atoms with Crippen LogP contribution in [-0.4, -0.2) is 81.8 Å². The normalized spacial score (nSPS) is 15.0. The monoisotopic (exact) mass is 361 g/mol. The topological polar surface area (TPSA) is 60.4 Å². The van der Waals surface area contributed by atoms with E-state index in [1.165, 1.54) is 5.69 Å². The number of anilines is 1. The molecule has 1 fully saturated rings. The van der Waals surface area contributed by atoms with E-state index in [2.05, 4.69) is 51.4 Å². The standard InChI is InChI=1S/C19H31N5O2/c1-4-26-19(25)24-15-13-23(14-16-24)18(20-2)21-11-8-12-22(3)17-9-6-5-7-10-17/h5-7,9-10H,4,8,11-16H2,1-3H3,(H,20,21). The lowest BCUT2D eigenvalue weighted by Gasteiger charge is -2.35. The largest absolute Gasteiger partial charge is 0.450 e. The highest BCUT2D eigenvalue weighted by Crippen LogP contribution is 2.10. The maximum absolute atomic E-state index is 11.8. The van der Waals surface area contributed by atoms with Crippen molar-refractivity contribution in [2.75, 3.05) is 64.9 Å². The van der Waals surface area contributed by atoms with Crippen molar-refractivity contribution in [3.05, 3.63) is 30.3 Å². The van der Waals surface area contributed by atoms with Gasteiger partial charge in [0.15, 0.2) is 5.96 Å². The van der Waals surface area contributed by atoms with Gasteiger partial charge in [-0.1, -0.05) is 18.2 Å². The van der Waals surface area contributed by atoms with Gasteiger partial charge >= 0.3 is 6.09 Å². The first-order valence-electron chi connectivity index (χ1n) is 9.29. The van der Waals surface area contributed by atoms with Crippen LogP contribution in [0.4, 0.5) is 10.5 Å². The van der Waals surface area contributed by atoms with Crippen molar-refractivity contribution in [3.63, 3.8) is 0 Å². The summed E-state index contributed by atoms with van der Waals surface area (Å²) >= 11 is 0. The second-order valence-corrected chi connectivity index (χ2v) is 6.26. The smallest absolute Gasteiger partial charge is 0.409 e. The van der Waals surface area contributed by atoms with Crippen LogP contribution in [-0.2, 0) is 4.74 Å². The van der Waals surface area contributed by atoms with Gasteiger partial charge in [-0.3, -0.25) is 4.99 Å². The molecule has 1 saturated heterocycles. The number of ether oxygens (including phenoxy) is 1. The number of benzene rings is 1. The van der Waals surface area contributed by atoms with Crippen LogP contribution in [0.15, 0.2) is 35.3 Å². The molecule has 1 aromatic carbocycles. The predicted molar refractivity (Wildman–Crippen MR) is 106 cm³/mol. The van der Waals surface area contributed by atoms with E-state index in [4.69, 9.17) is 4.74 Å². The van der Waals surface area contributed by atoms with Crippen LogP contribution in [0.5, 0.6) is 0 Å². The molecule has 0 bridgehead atoms. The number of hydrogen-bond acceptors (Lipinski definition) is 4. The molecule has 2 rings (SSSR count). The highest BCUT2D eigenvalue weighted by Gasteiger charge is 2.23. The summed E-state index contributed by atoms with van der Waals surface area (Å²) < 4.78 is 5.06. The van der Waals surface area contributed by atoms with Gasteiger partial charge in [-0.15, -0.1) is 0 Å². The van der Waals surface area contributed by atoms with Crippen molar-refractivity contribution in [2.24, 2.45) is 4.99 Å². The molecule has 1 aromatic rings. The minimum Gasteiger partial charge on any atom is -0.450 e. The third kappa shape index (κ3) is 5.82. The minimum atomic E-state index is -0.223. The lowest BCUT2D eigenvalue weighted by atomic mass is 10.3. The van der Waals surface area contributed by atoms with Crippen LogP contribution in [0, 0.1) is 0 Å². The molecule has 1 heterocycles. The van der Waals surface area contributed by atoms with Crippen molar-refractivity contribution >= 4 is 17.7 Å². The average molecular weight is 361 g/mol. The van der Waals surface area contributed by atoms with Crippen molar-refractivity contribution in [3.8, 4) is 0 Å². The molecule has 144 valence electrons. The Hall–Kier alpha value is -2.44. The first kappa shape index (κ1) is 19.9. The number of piperazine rings is 1. The first-order chi connectivity index (χ1) is 12.7. The SMILES string of the molecule is CCOC(=O)N1CCN(C(=NC)NCCCN(C)c2ccccc2)CC1. The third-order valence-corrected chi connectivity index (χ3v) is 4.47. The summed E-state index contributed by atoms with van der Waals surface area (Å²) in [5.41, 5.74) is 1.23. The van der Waals surface area contributed by atoms with Gasteiger partial charge in [0.2, 0.25) is 0 Å². The zero-order valence-electron chi connectivity index (χ0n) is 16.1. The fourth-order valence-corrected chi connectivity index (χ4v) is 2.98. The van der Waals surface area contributed by atoms with Crippen LogP contribution in [0.3, 0.4) is 0 Å². The van der Waals surface area contributed by atoms with E-state index in [0.29, 0.717) is 19.7 Å². The maximum atomic E-state index is 11.8. The molecule has 0 unspecified atom stereocenters. The van der Waals surface area contributed by atoms with E-state index in [1.54, 1.807) is 11.9 Å². The summed E-state index contributed by atoms with van der Waals surface area (Å²) in [4.78, 5) is 22.3. The fraction of sp³-hybridized carbons (Fsp3) is 0.579. The van der Waals surface area contributed by atoms with Crippen molar-refractivity contribution in [1.29, 1.82) is 0 Å². The maximum Gasteiger partial charge on any atom is 0.409 e. The first-order valence-corrected chi connectivity index (χ1v) is 9.29. The van der Waals surface area contributed by atoms with E-state index in [1.807, 2.05) is 13.0 Å². The number of para-hydroxylation sites is 1. The van der Waals surface area contributed by atoms with Gasteiger partial charge in [0.1, 0.15) is 0 Å². The number of nitrogens with one attached hydrogen (secondary N) is 1. The van der Waals surface area contributed by atoms with Gasteiger partial charge in [0.05, 0.1) is 6.61 Å². The van der Waals surface area contributed by atoms with Crippen molar-refractivity contribution < 1.29 is 9.53 Å². The van der Waals surface area contributed by atoms with E-state index in [-0.39, 0.29) is 6.09 Å². The summed E-state index contributed by atoms with van der Waals surface area (Å²) in [5, 5.41) is 3.43. The Morgan fingerprint density at radius 2 is 1.85 bits per heavy atom. The van der Waals surface area contributed by atoms with Crippen LogP contribution >= 0.6 is 0 Å². The van der Waals surface area contributed by atoms with Gasteiger partial charge in [-0.2, -0.15) is 0 Å². The molecule has 7 heteroatoms. The number of aliphatic imine (C=N–C) groups is 1. The molecule has 1 aliphatic rings. The second kappa shape index (κ2) is 10.5. The summed E-state index contributed by atoms with van der Waals surface area (Å²) in [5.74, 6) is 0.899. The molecule has 0 aliphatic carbocycles. The number of hydrogen-bond donors (Lipinski definition) is 1. The Morgan fingerprint density at radius 3 is 2.46 bits per heavy atom. The van der Waals surface area contributed by atoms with Crippen LogP contribution in [0.2, 0.25) is 0 Å². The highest BCUT2D eigenvalue weighted by molar-refractivity contribution is 5.80. The fourth-order valence-electron chi connectivity index (χ4n) is 2.98. The zero-order chi connectivity index (χ0) is 18.8. The summed E-state index contributed by atoms with van der Waals surface area (Å²) in [7, 11) is 3.91. The van der Waals surface area contributed by atoms with Gasteiger partial charge in [0, 0.05) is 59.1 Å². The molecule has 0 atom stereocenters. The summed E-state index contributed by atoms with van der Waals surface area (Å²) in [6, 6.07) is 10.4. The molecule has 7 nitrogen and oxygen atoms in total. The summed E-state index contributed by atoms with van der Waals surface area (Å²) in [6.45, 7) is 6.94. The van der Waals surface area contributed by atoms with Crippen molar-refractivity contribution in [1.82, 2.24) is 15.1 Å². The molecule has 1 aliphatic heterocycles. The van der Waals surface area contributed by atoms with Crippen LogP contribution in [0.1, 0.15) is 13.3 Å². The van der Waals surface area contributed by atoms with Gasteiger partial charge in [0.25, 0.3) is 0 Å². The molecule has 0 saturated carbocycles. The highest BCUT2D eigenvalue weighted by atomic mass is 16.6. The lowest BCUT2D eigenvalue weighted by molar-refractivity contribution is 0.0914. The molecule has 0 radical (unpaired) electrons. The third-order valence-electron chi connectivity index (χ3n) is 4.47. The lowest BCUT2D eigenvalue weighted by Crippen LogP contribution is -2.54. The molecule has 26 heavy (non-hydrogen) atoms. The molecular weight excluding hydrogens is 330 g/mol. The Kier molecular flexibility index (Phi) is 8.05. The number of guanidine groups is 1. The number of rotatable bonds is 6. The van der Waals surface area contributed by atoms with E-state index in [9.17, 15) is 4.79 Å². The Bertz CT molecular complexity index is 571. The Morgan fingerprint density at radius 1 is 1.19 bits per heavy atom. The zero-order valence-corrected chi connectivity index (χ0v) is 16.1. The van der Waals surface area contributed by atoms with Crippen molar-refractivity contribution in [2.45, 2.75) is 13.3 Å². The quantitative estimate of drug-likeness (QED) is 0.476. The molecule has 1 amide bonds. The summed E-state index contributed by atoms with van der Waals surface area (Å²) in [6.07, 6.45) is 0.798. The average Bonchev–Trinajstić information content (AvgIpc) is 2.69. The molecule has 0 spiro atoms. The van der Waals surface area contributed by atoms with E-state index >= 15 is 0 Å². The van der Waals surface area contributed by atoms with Gasteiger partial charge < -0.3 is 24.8 Å². The van der Waals surface area contributed by atoms with E-state index in [0.717, 1.165) is 38.6 Å². The number of nitrogens with zero attached hydrogens (tertiary/aromatic N) is 4. The van der Waals surface area contributed by atoms with Gasteiger partial charge in [-0.05, 0) is 25.5 Å². The second-order valence-electron chi connectivity index (χ2n) is 6.26. The van der Waals surface area contributed by atoms with Crippen LogP contribution in [0.25, 0.3) is 0 Å². The van der Waals surface area contributed by atoms with E-state index < -0.39 is 0 Å².